The lowest BCUT2D eigenvalue weighted by Crippen LogP contribution is -2.13. The minimum atomic E-state index is -0.204. The van der Waals surface area contributed by atoms with Gasteiger partial charge in [-0.1, -0.05) is 6.07 Å². The summed E-state index contributed by atoms with van der Waals surface area (Å²) in [6.07, 6.45) is 1.50. The van der Waals surface area contributed by atoms with Crippen LogP contribution in [0.3, 0.4) is 0 Å². The number of anilines is 1. The summed E-state index contributed by atoms with van der Waals surface area (Å²) >= 11 is 5.67. The van der Waals surface area contributed by atoms with E-state index in [2.05, 4.69) is 20.6 Å². The standard InChI is InChI=1S/C13H11ClN4O/c14-13-16-4-3-11(18-13)17-12(19)8-1-2-9-6-15-7-10(9)5-8/h1-5,15H,6-7H2,(H,16,17,18,19). The maximum atomic E-state index is 12.1. The van der Waals surface area contributed by atoms with Crippen molar-refractivity contribution in [2.45, 2.75) is 13.1 Å². The number of hydrogen-bond acceptors (Lipinski definition) is 4. The summed E-state index contributed by atoms with van der Waals surface area (Å²) in [5.41, 5.74) is 3.01. The fourth-order valence-corrected chi connectivity index (χ4v) is 2.18. The molecule has 2 heterocycles. The van der Waals surface area contributed by atoms with Crippen molar-refractivity contribution in [1.29, 1.82) is 0 Å². The highest BCUT2D eigenvalue weighted by Gasteiger charge is 2.13. The molecular formula is C13H11ClN4O. The molecule has 0 fully saturated rings. The number of carbonyl (C=O) groups excluding carboxylic acids is 1. The van der Waals surface area contributed by atoms with Gasteiger partial charge in [-0.05, 0) is 40.9 Å². The van der Waals surface area contributed by atoms with Gasteiger partial charge in [0.1, 0.15) is 5.82 Å². The van der Waals surface area contributed by atoms with Crippen LogP contribution in [0.4, 0.5) is 5.82 Å². The number of nitrogens with zero attached hydrogens (tertiary/aromatic N) is 2. The van der Waals surface area contributed by atoms with Gasteiger partial charge in [0.25, 0.3) is 5.91 Å². The SMILES string of the molecule is O=C(Nc1ccnc(Cl)n1)c1ccc2c(c1)CNC2. The first-order valence-corrected chi connectivity index (χ1v) is 6.22. The molecule has 0 spiro atoms. The summed E-state index contributed by atoms with van der Waals surface area (Å²) < 4.78 is 0. The number of rotatable bonds is 2. The highest BCUT2D eigenvalue weighted by atomic mass is 35.5. The quantitative estimate of drug-likeness (QED) is 0.822. The van der Waals surface area contributed by atoms with Crippen LogP contribution in [0.2, 0.25) is 5.28 Å². The van der Waals surface area contributed by atoms with Crippen LogP contribution in [-0.2, 0) is 13.1 Å². The molecule has 6 heteroatoms. The fraction of sp³-hybridized carbons (Fsp3) is 0.154. The molecule has 0 aliphatic carbocycles. The van der Waals surface area contributed by atoms with Crippen LogP contribution in [0, 0.1) is 0 Å². The van der Waals surface area contributed by atoms with Crippen molar-refractivity contribution in [2.75, 3.05) is 5.32 Å². The van der Waals surface area contributed by atoms with Gasteiger partial charge < -0.3 is 10.6 Å². The summed E-state index contributed by atoms with van der Waals surface area (Å²) in [6.45, 7) is 1.66. The summed E-state index contributed by atoms with van der Waals surface area (Å²) in [7, 11) is 0. The van der Waals surface area contributed by atoms with E-state index in [0.717, 1.165) is 18.7 Å². The molecule has 2 N–H and O–H groups in total. The lowest BCUT2D eigenvalue weighted by Gasteiger charge is -2.06. The number of fused-ring (bicyclic) bond motifs is 1. The van der Waals surface area contributed by atoms with Crippen LogP contribution < -0.4 is 10.6 Å². The Bertz CT molecular complexity index is 644. The van der Waals surface area contributed by atoms with Gasteiger partial charge in [-0.2, -0.15) is 0 Å². The first-order valence-electron chi connectivity index (χ1n) is 5.85. The molecule has 0 saturated heterocycles. The third kappa shape index (κ3) is 2.57. The molecule has 0 saturated carbocycles. The van der Waals surface area contributed by atoms with Gasteiger partial charge in [-0.3, -0.25) is 4.79 Å². The Hall–Kier alpha value is -1.98. The highest BCUT2D eigenvalue weighted by Crippen LogP contribution is 2.18. The molecule has 1 amide bonds. The van der Waals surface area contributed by atoms with E-state index in [0.29, 0.717) is 11.4 Å². The second kappa shape index (κ2) is 4.95. The second-order valence-corrected chi connectivity index (χ2v) is 4.59. The first-order chi connectivity index (χ1) is 9.22. The van der Waals surface area contributed by atoms with E-state index in [1.807, 2.05) is 18.2 Å². The normalized spacial score (nSPS) is 13.1. The van der Waals surface area contributed by atoms with Crippen molar-refractivity contribution >= 4 is 23.3 Å². The Morgan fingerprint density at radius 2 is 2.11 bits per heavy atom. The van der Waals surface area contributed by atoms with Crippen molar-refractivity contribution in [3.8, 4) is 0 Å². The van der Waals surface area contributed by atoms with Gasteiger partial charge in [0.15, 0.2) is 0 Å². The van der Waals surface area contributed by atoms with Crippen LogP contribution >= 0.6 is 11.6 Å². The Labute approximate surface area is 115 Å². The fourth-order valence-electron chi connectivity index (χ4n) is 2.03. The zero-order chi connectivity index (χ0) is 13.2. The van der Waals surface area contributed by atoms with Crippen molar-refractivity contribution in [2.24, 2.45) is 0 Å². The summed E-state index contributed by atoms with van der Waals surface area (Å²) in [6, 6.07) is 7.27. The van der Waals surface area contributed by atoms with E-state index in [-0.39, 0.29) is 11.2 Å². The van der Waals surface area contributed by atoms with Gasteiger partial charge in [-0.25, -0.2) is 9.97 Å². The molecule has 19 heavy (non-hydrogen) atoms. The van der Waals surface area contributed by atoms with E-state index in [1.165, 1.54) is 11.8 Å². The molecule has 0 bridgehead atoms. The van der Waals surface area contributed by atoms with Crippen LogP contribution in [0.5, 0.6) is 0 Å². The number of aromatic nitrogens is 2. The zero-order valence-corrected chi connectivity index (χ0v) is 10.7. The molecule has 0 unspecified atom stereocenters. The van der Waals surface area contributed by atoms with Gasteiger partial charge >= 0.3 is 0 Å². The number of benzene rings is 1. The number of nitrogens with one attached hydrogen (secondary N) is 2. The van der Waals surface area contributed by atoms with Crippen molar-refractivity contribution in [1.82, 2.24) is 15.3 Å². The summed E-state index contributed by atoms with van der Waals surface area (Å²) in [5.74, 6) is 0.188. The third-order valence-corrected chi connectivity index (χ3v) is 3.15. The minimum absolute atomic E-state index is 0.107. The molecule has 0 radical (unpaired) electrons. The maximum absolute atomic E-state index is 12.1. The molecule has 5 nitrogen and oxygen atoms in total. The Morgan fingerprint density at radius 1 is 1.26 bits per heavy atom. The van der Waals surface area contributed by atoms with E-state index in [1.54, 1.807) is 6.07 Å². The zero-order valence-electron chi connectivity index (χ0n) is 9.98. The van der Waals surface area contributed by atoms with Crippen molar-refractivity contribution < 1.29 is 4.79 Å². The second-order valence-electron chi connectivity index (χ2n) is 4.25. The maximum Gasteiger partial charge on any atom is 0.256 e. The van der Waals surface area contributed by atoms with Gasteiger partial charge in [0.2, 0.25) is 5.28 Å². The molecule has 1 aliphatic heterocycles. The lowest BCUT2D eigenvalue weighted by molar-refractivity contribution is 0.102. The molecule has 1 aromatic heterocycles. The Kier molecular flexibility index (Phi) is 3.15. The van der Waals surface area contributed by atoms with Crippen molar-refractivity contribution in [3.63, 3.8) is 0 Å². The van der Waals surface area contributed by atoms with Crippen molar-refractivity contribution in [3.05, 3.63) is 52.4 Å². The van der Waals surface area contributed by atoms with E-state index < -0.39 is 0 Å². The topological polar surface area (TPSA) is 66.9 Å². The van der Waals surface area contributed by atoms with E-state index in [4.69, 9.17) is 11.6 Å². The molecule has 2 aromatic rings. The number of hydrogen-bond donors (Lipinski definition) is 2. The van der Waals surface area contributed by atoms with Crippen LogP contribution in [0.1, 0.15) is 21.5 Å². The molecule has 3 rings (SSSR count). The smallest absolute Gasteiger partial charge is 0.256 e. The molecular weight excluding hydrogens is 264 g/mol. The number of amides is 1. The molecule has 0 atom stereocenters. The van der Waals surface area contributed by atoms with Crippen LogP contribution in [0.15, 0.2) is 30.5 Å². The number of halogens is 1. The van der Waals surface area contributed by atoms with Gasteiger partial charge in [-0.15, -0.1) is 0 Å². The third-order valence-electron chi connectivity index (χ3n) is 2.97. The average Bonchev–Trinajstić information content (AvgIpc) is 2.85. The van der Waals surface area contributed by atoms with Gasteiger partial charge in [0, 0.05) is 24.8 Å². The molecule has 1 aromatic carbocycles. The largest absolute Gasteiger partial charge is 0.309 e. The Morgan fingerprint density at radius 3 is 2.95 bits per heavy atom. The molecule has 1 aliphatic rings. The summed E-state index contributed by atoms with van der Waals surface area (Å²) in [5, 5.41) is 6.04. The predicted octanol–water partition coefficient (Wildman–Crippen LogP) is 1.99. The first kappa shape index (κ1) is 12.1. The highest BCUT2D eigenvalue weighted by molar-refractivity contribution is 6.28. The average molecular weight is 275 g/mol. The van der Waals surface area contributed by atoms with Crippen LogP contribution in [0.25, 0.3) is 0 Å². The van der Waals surface area contributed by atoms with E-state index in [9.17, 15) is 4.79 Å². The Balaban J connectivity index is 1.81. The lowest BCUT2D eigenvalue weighted by atomic mass is 10.1. The van der Waals surface area contributed by atoms with Crippen LogP contribution in [-0.4, -0.2) is 15.9 Å². The minimum Gasteiger partial charge on any atom is -0.309 e. The molecule has 96 valence electrons. The predicted molar refractivity (Wildman–Crippen MR) is 72.0 cm³/mol. The van der Waals surface area contributed by atoms with Gasteiger partial charge in [0.05, 0.1) is 0 Å². The summed E-state index contributed by atoms with van der Waals surface area (Å²) in [4.78, 5) is 19.8. The van der Waals surface area contributed by atoms with E-state index >= 15 is 0 Å². The monoisotopic (exact) mass is 274 g/mol. The number of carbonyl (C=O) groups is 1.